The van der Waals surface area contributed by atoms with E-state index in [1.165, 1.54) is 23.8 Å². The molecule has 0 aromatic heterocycles. The van der Waals surface area contributed by atoms with Crippen LogP contribution in [0.15, 0.2) is 48.5 Å². The van der Waals surface area contributed by atoms with Gasteiger partial charge in [-0.25, -0.2) is 8.78 Å². The van der Waals surface area contributed by atoms with Crippen molar-refractivity contribution in [1.29, 1.82) is 5.26 Å². The first-order valence-corrected chi connectivity index (χ1v) is 11.7. The molecule has 1 fully saturated rings. The Morgan fingerprint density at radius 2 is 1.65 bits per heavy atom. The maximum absolute atomic E-state index is 14.8. The van der Waals surface area contributed by atoms with Crippen molar-refractivity contribution in [3.05, 3.63) is 71.3 Å². The SMILES string of the molecule is CCCN(CCCC(C#N)(c1c(F)cccc1F)C1CCCC1)CCc1ccccc1. The zero-order chi connectivity index (χ0) is 22.1. The molecule has 1 aliphatic carbocycles. The third kappa shape index (κ3) is 5.71. The number of rotatable bonds is 11. The minimum absolute atomic E-state index is 0.00396. The number of halogens is 2. The van der Waals surface area contributed by atoms with Crippen LogP contribution in [-0.2, 0) is 11.8 Å². The average molecular weight is 425 g/mol. The second-order valence-corrected chi connectivity index (χ2v) is 8.84. The van der Waals surface area contributed by atoms with E-state index in [4.69, 9.17) is 0 Å². The Balaban J connectivity index is 1.73. The molecule has 0 N–H and O–H groups in total. The van der Waals surface area contributed by atoms with Gasteiger partial charge in [-0.1, -0.05) is 56.2 Å². The quantitative estimate of drug-likeness (QED) is 0.404. The first kappa shape index (κ1) is 23.4. The van der Waals surface area contributed by atoms with Crippen LogP contribution in [0.4, 0.5) is 8.78 Å². The third-order valence-electron chi connectivity index (χ3n) is 6.81. The number of nitriles is 1. The van der Waals surface area contributed by atoms with Gasteiger partial charge in [0.2, 0.25) is 0 Å². The molecule has 0 spiro atoms. The highest BCUT2D eigenvalue weighted by Gasteiger charge is 2.45. The highest BCUT2D eigenvalue weighted by Crippen LogP contribution is 2.46. The highest BCUT2D eigenvalue weighted by molar-refractivity contribution is 5.36. The van der Waals surface area contributed by atoms with E-state index < -0.39 is 17.0 Å². The van der Waals surface area contributed by atoms with Crippen LogP contribution in [0.5, 0.6) is 0 Å². The van der Waals surface area contributed by atoms with Crippen LogP contribution >= 0.6 is 0 Å². The first-order chi connectivity index (χ1) is 15.1. The van der Waals surface area contributed by atoms with Crippen LogP contribution < -0.4 is 0 Å². The zero-order valence-corrected chi connectivity index (χ0v) is 18.6. The van der Waals surface area contributed by atoms with E-state index in [0.717, 1.165) is 64.6 Å². The highest BCUT2D eigenvalue weighted by atomic mass is 19.1. The summed E-state index contributed by atoms with van der Waals surface area (Å²) in [5, 5.41) is 10.3. The fraction of sp³-hybridized carbons (Fsp3) is 0.519. The Morgan fingerprint density at radius 1 is 0.968 bits per heavy atom. The van der Waals surface area contributed by atoms with Crippen molar-refractivity contribution in [1.82, 2.24) is 4.90 Å². The predicted molar refractivity (Wildman–Crippen MR) is 122 cm³/mol. The van der Waals surface area contributed by atoms with E-state index in [9.17, 15) is 14.0 Å². The Labute approximate surface area is 185 Å². The van der Waals surface area contributed by atoms with E-state index in [-0.39, 0.29) is 11.5 Å². The van der Waals surface area contributed by atoms with Crippen molar-refractivity contribution in [3.8, 4) is 6.07 Å². The molecule has 1 unspecified atom stereocenters. The van der Waals surface area contributed by atoms with E-state index in [1.54, 1.807) is 0 Å². The largest absolute Gasteiger partial charge is 0.303 e. The fourth-order valence-corrected chi connectivity index (χ4v) is 5.24. The lowest BCUT2D eigenvalue weighted by Gasteiger charge is -2.34. The molecule has 0 bridgehead atoms. The van der Waals surface area contributed by atoms with Crippen LogP contribution in [0.3, 0.4) is 0 Å². The van der Waals surface area contributed by atoms with Gasteiger partial charge in [0.15, 0.2) is 0 Å². The van der Waals surface area contributed by atoms with Crippen molar-refractivity contribution in [2.24, 2.45) is 5.92 Å². The second kappa shape index (κ2) is 11.4. The van der Waals surface area contributed by atoms with Gasteiger partial charge in [-0.2, -0.15) is 5.26 Å². The number of hydrogen-bond acceptors (Lipinski definition) is 2. The molecule has 2 aromatic carbocycles. The predicted octanol–water partition coefficient (Wildman–Crippen LogP) is 6.65. The molecule has 0 aliphatic heterocycles. The lowest BCUT2D eigenvalue weighted by Crippen LogP contribution is -2.36. The topological polar surface area (TPSA) is 27.0 Å². The molecule has 0 amide bonds. The summed E-state index contributed by atoms with van der Waals surface area (Å²) in [6.45, 7) is 4.95. The molecule has 31 heavy (non-hydrogen) atoms. The summed E-state index contributed by atoms with van der Waals surface area (Å²) in [4.78, 5) is 2.42. The molecule has 3 rings (SSSR count). The van der Waals surface area contributed by atoms with Crippen LogP contribution in [0.1, 0.15) is 63.0 Å². The Kier molecular flexibility index (Phi) is 8.60. The Hall–Kier alpha value is -2.25. The zero-order valence-electron chi connectivity index (χ0n) is 18.6. The van der Waals surface area contributed by atoms with Crippen molar-refractivity contribution in [2.75, 3.05) is 19.6 Å². The number of benzene rings is 2. The van der Waals surface area contributed by atoms with Crippen LogP contribution in [0.25, 0.3) is 0 Å². The second-order valence-electron chi connectivity index (χ2n) is 8.84. The molecule has 1 atom stereocenters. The Morgan fingerprint density at radius 3 is 2.26 bits per heavy atom. The van der Waals surface area contributed by atoms with Crippen LogP contribution in [-0.4, -0.2) is 24.5 Å². The summed E-state index contributed by atoms with van der Waals surface area (Å²) in [6.07, 6.45) is 7.09. The summed E-state index contributed by atoms with van der Waals surface area (Å²) in [5.41, 5.74) is 0.230. The van der Waals surface area contributed by atoms with Gasteiger partial charge in [0, 0.05) is 12.1 Å². The fourth-order valence-electron chi connectivity index (χ4n) is 5.24. The molecule has 0 radical (unpaired) electrons. The van der Waals surface area contributed by atoms with Gasteiger partial charge >= 0.3 is 0 Å². The van der Waals surface area contributed by atoms with Gasteiger partial charge in [0.25, 0.3) is 0 Å². The molecular formula is C27H34F2N2. The van der Waals surface area contributed by atoms with Crippen LogP contribution in [0.2, 0.25) is 0 Å². The van der Waals surface area contributed by atoms with Crippen molar-refractivity contribution >= 4 is 0 Å². The molecule has 2 nitrogen and oxygen atoms in total. The van der Waals surface area contributed by atoms with E-state index in [1.807, 2.05) is 6.07 Å². The summed E-state index contributed by atoms with van der Waals surface area (Å²) in [5.74, 6) is -1.14. The van der Waals surface area contributed by atoms with Crippen molar-refractivity contribution in [3.63, 3.8) is 0 Å². The van der Waals surface area contributed by atoms with Gasteiger partial charge in [-0.15, -0.1) is 0 Å². The lowest BCUT2D eigenvalue weighted by atomic mass is 9.67. The normalized spacial score (nSPS) is 16.4. The molecule has 0 saturated heterocycles. The first-order valence-electron chi connectivity index (χ1n) is 11.7. The monoisotopic (exact) mass is 424 g/mol. The molecule has 0 heterocycles. The molecule has 2 aromatic rings. The van der Waals surface area contributed by atoms with Crippen LogP contribution in [0, 0.1) is 28.9 Å². The summed E-state index contributed by atoms with van der Waals surface area (Å²) in [7, 11) is 0. The number of nitrogens with zero attached hydrogens (tertiary/aromatic N) is 2. The maximum atomic E-state index is 14.8. The lowest BCUT2D eigenvalue weighted by molar-refractivity contribution is 0.241. The molecule has 1 saturated carbocycles. The molecule has 1 aliphatic rings. The summed E-state index contributed by atoms with van der Waals surface area (Å²) < 4.78 is 29.6. The van der Waals surface area contributed by atoms with Crippen molar-refractivity contribution < 1.29 is 8.78 Å². The smallest absolute Gasteiger partial charge is 0.130 e. The molecule has 4 heteroatoms. The van der Waals surface area contributed by atoms with E-state index in [2.05, 4.69) is 42.2 Å². The van der Waals surface area contributed by atoms with Gasteiger partial charge in [-0.3, -0.25) is 0 Å². The summed E-state index contributed by atoms with van der Waals surface area (Å²) >= 11 is 0. The van der Waals surface area contributed by atoms with E-state index >= 15 is 0 Å². The standard InChI is InChI=1S/C27H34F2N2/c1-2-18-31(20-16-22-10-4-3-5-11-22)19-9-17-27(21-30,23-12-6-7-13-23)26-24(28)14-8-15-25(26)29/h3-5,8,10-11,14-15,23H,2,6-7,9,12-13,16-20H2,1H3. The molecular weight excluding hydrogens is 390 g/mol. The maximum Gasteiger partial charge on any atom is 0.130 e. The Bertz CT molecular complexity index is 835. The van der Waals surface area contributed by atoms with Gasteiger partial charge in [-0.05, 0) is 75.2 Å². The summed E-state index contributed by atoms with van der Waals surface area (Å²) in [6, 6.07) is 16.8. The molecule has 166 valence electrons. The van der Waals surface area contributed by atoms with E-state index in [0.29, 0.717) is 6.42 Å². The number of hydrogen-bond donors (Lipinski definition) is 0. The average Bonchev–Trinajstić information content (AvgIpc) is 3.32. The van der Waals surface area contributed by atoms with Crippen molar-refractivity contribution in [2.45, 2.75) is 63.7 Å². The van der Waals surface area contributed by atoms with Gasteiger partial charge in [0.1, 0.15) is 11.6 Å². The minimum atomic E-state index is -1.08. The third-order valence-corrected chi connectivity index (χ3v) is 6.81. The van der Waals surface area contributed by atoms with Gasteiger partial charge in [0.05, 0.1) is 11.5 Å². The van der Waals surface area contributed by atoms with Gasteiger partial charge < -0.3 is 4.90 Å². The minimum Gasteiger partial charge on any atom is -0.303 e.